The lowest BCUT2D eigenvalue weighted by atomic mass is 10.0. The highest BCUT2D eigenvalue weighted by molar-refractivity contribution is 5.05. The third-order valence-corrected chi connectivity index (χ3v) is 2.38. The van der Waals surface area contributed by atoms with Crippen LogP contribution in [0.3, 0.4) is 0 Å². The fourth-order valence-electron chi connectivity index (χ4n) is 1.21. The second-order valence-electron chi connectivity index (χ2n) is 3.56. The maximum absolute atomic E-state index is 5.48. The zero-order chi connectivity index (χ0) is 8.97. The standard InChI is InChI=1S/C11H18O/c1-4-9(2)5-7-11-8-6-10(3)12-11/h6,8-9H,4-5,7H2,1-3H3. The van der Waals surface area contributed by atoms with Gasteiger partial charge in [-0.1, -0.05) is 20.3 Å². The van der Waals surface area contributed by atoms with Crippen LogP contribution >= 0.6 is 0 Å². The topological polar surface area (TPSA) is 13.1 Å². The van der Waals surface area contributed by atoms with Crippen LogP contribution < -0.4 is 0 Å². The number of hydrogen-bond donors (Lipinski definition) is 0. The molecule has 0 aromatic carbocycles. The van der Waals surface area contributed by atoms with Gasteiger partial charge in [0.15, 0.2) is 0 Å². The smallest absolute Gasteiger partial charge is 0.104 e. The Bertz CT molecular complexity index is 225. The minimum absolute atomic E-state index is 0.815. The molecule has 0 spiro atoms. The summed E-state index contributed by atoms with van der Waals surface area (Å²) < 4.78 is 5.48. The first-order valence-corrected chi connectivity index (χ1v) is 4.77. The molecule has 0 bridgehead atoms. The van der Waals surface area contributed by atoms with Crippen molar-refractivity contribution in [1.29, 1.82) is 0 Å². The number of hydrogen-bond acceptors (Lipinski definition) is 1. The highest BCUT2D eigenvalue weighted by Crippen LogP contribution is 2.14. The Hall–Kier alpha value is -0.720. The van der Waals surface area contributed by atoms with Gasteiger partial charge in [0.2, 0.25) is 0 Å². The number of rotatable bonds is 4. The van der Waals surface area contributed by atoms with Crippen molar-refractivity contribution in [2.24, 2.45) is 5.92 Å². The summed E-state index contributed by atoms with van der Waals surface area (Å²) in [5.74, 6) is 2.97. The molecular formula is C11H18O. The van der Waals surface area contributed by atoms with Crippen LogP contribution in [-0.4, -0.2) is 0 Å². The average molecular weight is 166 g/mol. The number of furan rings is 1. The summed E-state index contributed by atoms with van der Waals surface area (Å²) in [6, 6.07) is 4.11. The Labute approximate surface area is 74.8 Å². The first kappa shape index (κ1) is 9.37. The predicted octanol–water partition coefficient (Wildman–Crippen LogP) is 3.57. The fourth-order valence-corrected chi connectivity index (χ4v) is 1.21. The second kappa shape index (κ2) is 4.34. The molecule has 0 aliphatic heterocycles. The van der Waals surface area contributed by atoms with Gasteiger partial charge in [0.05, 0.1) is 0 Å². The Morgan fingerprint density at radius 2 is 2.17 bits per heavy atom. The van der Waals surface area contributed by atoms with Gasteiger partial charge >= 0.3 is 0 Å². The summed E-state index contributed by atoms with van der Waals surface area (Å²) in [6.45, 7) is 6.51. The molecule has 0 radical (unpaired) electrons. The quantitative estimate of drug-likeness (QED) is 0.666. The van der Waals surface area contributed by atoms with Crippen LogP contribution in [0.4, 0.5) is 0 Å². The van der Waals surface area contributed by atoms with E-state index in [0.29, 0.717) is 0 Å². The van der Waals surface area contributed by atoms with E-state index in [1.165, 1.54) is 12.8 Å². The van der Waals surface area contributed by atoms with Crippen LogP contribution in [0.2, 0.25) is 0 Å². The van der Waals surface area contributed by atoms with Crippen molar-refractivity contribution in [3.63, 3.8) is 0 Å². The first-order valence-electron chi connectivity index (χ1n) is 4.77. The van der Waals surface area contributed by atoms with Gasteiger partial charge in [-0.2, -0.15) is 0 Å². The van der Waals surface area contributed by atoms with Crippen LogP contribution in [0.15, 0.2) is 16.5 Å². The molecule has 0 aliphatic rings. The van der Waals surface area contributed by atoms with Gasteiger partial charge in [-0.3, -0.25) is 0 Å². The van der Waals surface area contributed by atoms with E-state index in [1.807, 2.05) is 13.0 Å². The zero-order valence-corrected chi connectivity index (χ0v) is 8.26. The molecule has 12 heavy (non-hydrogen) atoms. The van der Waals surface area contributed by atoms with Crippen molar-refractivity contribution in [3.05, 3.63) is 23.7 Å². The van der Waals surface area contributed by atoms with E-state index in [1.54, 1.807) is 0 Å². The summed E-state index contributed by atoms with van der Waals surface area (Å²) >= 11 is 0. The van der Waals surface area contributed by atoms with Crippen LogP contribution in [0.25, 0.3) is 0 Å². The van der Waals surface area contributed by atoms with Crippen molar-refractivity contribution >= 4 is 0 Å². The van der Waals surface area contributed by atoms with Gasteiger partial charge in [-0.05, 0) is 31.4 Å². The molecule has 1 unspecified atom stereocenters. The predicted molar refractivity (Wildman–Crippen MR) is 51.2 cm³/mol. The van der Waals surface area contributed by atoms with E-state index in [-0.39, 0.29) is 0 Å². The highest BCUT2D eigenvalue weighted by Gasteiger charge is 2.02. The highest BCUT2D eigenvalue weighted by atomic mass is 16.3. The molecular weight excluding hydrogens is 148 g/mol. The van der Waals surface area contributed by atoms with Gasteiger partial charge in [0, 0.05) is 6.42 Å². The molecule has 0 amide bonds. The van der Waals surface area contributed by atoms with E-state index < -0.39 is 0 Å². The van der Waals surface area contributed by atoms with E-state index >= 15 is 0 Å². The third-order valence-electron chi connectivity index (χ3n) is 2.38. The molecule has 68 valence electrons. The van der Waals surface area contributed by atoms with E-state index in [2.05, 4.69) is 19.9 Å². The summed E-state index contributed by atoms with van der Waals surface area (Å²) in [5.41, 5.74) is 0. The molecule has 1 aromatic rings. The maximum atomic E-state index is 5.48. The molecule has 0 N–H and O–H groups in total. The molecule has 0 aliphatic carbocycles. The van der Waals surface area contributed by atoms with Crippen LogP contribution in [0.5, 0.6) is 0 Å². The third kappa shape index (κ3) is 2.72. The molecule has 1 rings (SSSR count). The molecule has 1 heteroatoms. The number of aryl methyl sites for hydroxylation is 2. The molecule has 0 saturated heterocycles. The minimum Gasteiger partial charge on any atom is -0.466 e. The van der Waals surface area contributed by atoms with Crippen LogP contribution in [-0.2, 0) is 6.42 Å². The van der Waals surface area contributed by atoms with Crippen molar-refractivity contribution in [2.45, 2.75) is 40.0 Å². The van der Waals surface area contributed by atoms with Crippen molar-refractivity contribution in [3.8, 4) is 0 Å². The van der Waals surface area contributed by atoms with Gasteiger partial charge < -0.3 is 4.42 Å². The van der Waals surface area contributed by atoms with Gasteiger partial charge in [-0.25, -0.2) is 0 Å². The van der Waals surface area contributed by atoms with Crippen LogP contribution in [0, 0.1) is 12.8 Å². The summed E-state index contributed by atoms with van der Waals surface area (Å²) in [7, 11) is 0. The Kier molecular flexibility index (Phi) is 3.39. The Morgan fingerprint density at radius 1 is 1.42 bits per heavy atom. The lowest BCUT2D eigenvalue weighted by molar-refractivity contribution is 0.441. The lowest BCUT2D eigenvalue weighted by Gasteiger charge is -2.05. The molecule has 1 atom stereocenters. The summed E-state index contributed by atoms with van der Waals surface area (Å²) in [5, 5.41) is 0. The molecule has 1 aromatic heterocycles. The summed E-state index contributed by atoms with van der Waals surface area (Å²) in [6.07, 6.45) is 3.59. The lowest BCUT2D eigenvalue weighted by Crippen LogP contribution is -1.94. The minimum atomic E-state index is 0.815. The summed E-state index contributed by atoms with van der Waals surface area (Å²) in [4.78, 5) is 0. The first-order chi connectivity index (χ1) is 5.72. The average Bonchev–Trinajstić information content (AvgIpc) is 2.47. The zero-order valence-electron chi connectivity index (χ0n) is 8.26. The monoisotopic (exact) mass is 166 g/mol. The largest absolute Gasteiger partial charge is 0.466 e. The van der Waals surface area contributed by atoms with Crippen LogP contribution in [0.1, 0.15) is 38.2 Å². The van der Waals surface area contributed by atoms with Crippen molar-refractivity contribution in [2.75, 3.05) is 0 Å². The molecule has 1 nitrogen and oxygen atoms in total. The maximum Gasteiger partial charge on any atom is 0.104 e. The SMILES string of the molecule is CCC(C)CCc1ccc(C)o1. The Morgan fingerprint density at radius 3 is 2.67 bits per heavy atom. The van der Waals surface area contributed by atoms with Crippen molar-refractivity contribution in [1.82, 2.24) is 0 Å². The van der Waals surface area contributed by atoms with E-state index in [0.717, 1.165) is 23.9 Å². The second-order valence-corrected chi connectivity index (χ2v) is 3.56. The molecule has 0 saturated carbocycles. The normalized spacial score (nSPS) is 13.2. The van der Waals surface area contributed by atoms with Crippen molar-refractivity contribution < 1.29 is 4.42 Å². The van der Waals surface area contributed by atoms with Gasteiger partial charge in [0.1, 0.15) is 11.5 Å². The van der Waals surface area contributed by atoms with Gasteiger partial charge in [-0.15, -0.1) is 0 Å². The fraction of sp³-hybridized carbons (Fsp3) is 0.636. The van der Waals surface area contributed by atoms with Gasteiger partial charge in [0.25, 0.3) is 0 Å². The molecule has 0 fully saturated rings. The van der Waals surface area contributed by atoms with E-state index in [9.17, 15) is 0 Å². The van der Waals surface area contributed by atoms with E-state index in [4.69, 9.17) is 4.42 Å². The Balaban J connectivity index is 2.33. The molecule has 1 heterocycles.